The highest BCUT2D eigenvalue weighted by atomic mass is 32.1. The minimum Gasteiger partial charge on any atom is -0.312 e. The van der Waals surface area contributed by atoms with E-state index in [0.717, 1.165) is 18.8 Å². The van der Waals surface area contributed by atoms with Crippen molar-refractivity contribution in [1.29, 1.82) is 0 Å². The van der Waals surface area contributed by atoms with E-state index >= 15 is 0 Å². The Hall–Kier alpha value is -1.13. The van der Waals surface area contributed by atoms with E-state index in [0.29, 0.717) is 6.04 Å². The number of aromatic nitrogens is 2. The fourth-order valence-electron chi connectivity index (χ4n) is 2.17. The van der Waals surface area contributed by atoms with Crippen molar-refractivity contribution >= 4 is 11.3 Å². The first-order valence-electron chi connectivity index (χ1n) is 5.71. The van der Waals surface area contributed by atoms with Gasteiger partial charge in [-0.1, -0.05) is 0 Å². The summed E-state index contributed by atoms with van der Waals surface area (Å²) >= 11 is 1.71. The summed E-state index contributed by atoms with van der Waals surface area (Å²) in [6, 6.07) is 4.82. The SMILES string of the molecule is c1cc(-c2ccn(C[C@H]3CCCN3)n2)cs1. The van der Waals surface area contributed by atoms with E-state index in [4.69, 9.17) is 0 Å². The van der Waals surface area contributed by atoms with Gasteiger partial charge in [-0.3, -0.25) is 4.68 Å². The summed E-state index contributed by atoms with van der Waals surface area (Å²) in [5, 5.41) is 12.3. The van der Waals surface area contributed by atoms with E-state index in [2.05, 4.69) is 44.2 Å². The second-order valence-corrected chi connectivity index (χ2v) is 5.01. The molecule has 4 heteroatoms. The Labute approximate surface area is 99.1 Å². The van der Waals surface area contributed by atoms with Crippen LogP contribution >= 0.6 is 11.3 Å². The number of hydrogen-bond donors (Lipinski definition) is 1. The molecule has 0 aliphatic carbocycles. The molecule has 3 rings (SSSR count). The Morgan fingerprint density at radius 2 is 2.50 bits per heavy atom. The lowest BCUT2D eigenvalue weighted by Crippen LogP contribution is -2.26. The molecule has 1 fully saturated rings. The zero-order chi connectivity index (χ0) is 10.8. The molecule has 16 heavy (non-hydrogen) atoms. The molecule has 1 aliphatic rings. The maximum Gasteiger partial charge on any atom is 0.0931 e. The van der Waals surface area contributed by atoms with Crippen molar-refractivity contribution in [2.45, 2.75) is 25.4 Å². The third kappa shape index (κ3) is 2.03. The lowest BCUT2D eigenvalue weighted by Gasteiger charge is -2.09. The molecular formula is C12H15N3S. The minimum absolute atomic E-state index is 0.607. The van der Waals surface area contributed by atoms with Gasteiger partial charge >= 0.3 is 0 Å². The van der Waals surface area contributed by atoms with E-state index in [9.17, 15) is 0 Å². The van der Waals surface area contributed by atoms with Crippen LogP contribution in [0.25, 0.3) is 11.3 Å². The maximum atomic E-state index is 4.60. The van der Waals surface area contributed by atoms with Crippen LogP contribution in [0.15, 0.2) is 29.1 Å². The Morgan fingerprint density at radius 1 is 1.50 bits per heavy atom. The highest BCUT2D eigenvalue weighted by molar-refractivity contribution is 7.08. The van der Waals surface area contributed by atoms with Gasteiger partial charge in [0.25, 0.3) is 0 Å². The van der Waals surface area contributed by atoms with Gasteiger partial charge in [0.1, 0.15) is 0 Å². The Balaban J connectivity index is 1.72. The van der Waals surface area contributed by atoms with Gasteiger partial charge in [-0.15, -0.1) is 0 Å². The molecule has 0 radical (unpaired) electrons. The molecular weight excluding hydrogens is 218 g/mol. The summed E-state index contributed by atoms with van der Waals surface area (Å²) in [6.07, 6.45) is 4.64. The standard InChI is InChI=1S/C12H15N3S/c1-2-11(13-5-1)8-15-6-3-12(14-15)10-4-7-16-9-10/h3-4,6-7,9,11,13H,1-2,5,8H2/t11-/m1/s1. The normalized spacial score (nSPS) is 20.4. The number of thiophene rings is 1. The van der Waals surface area contributed by atoms with Gasteiger partial charge < -0.3 is 5.32 Å². The van der Waals surface area contributed by atoms with E-state index in [1.165, 1.54) is 18.4 Å². The first-order valence-corrected chi connectivity index (χ1v) is 6.65. The fourth-order valence-corrected chi connectivity index (χ4v) is 2.82. The van der Waals surface area contributed by atoms with E-state index in [-0.39, 0.29) is 0 Å². The molecule has 2 aromatic rings. The minimum atomic E-state index is 0.607. The third-order valence-corrected chi connectivity index (χ3v) is 3.71. The van der Waals surface area contributed by atoms with Crippen molar-refractivity contribution in [3.05, 3.63) is 29.1 Å². The second kappa shape index (κ2) is 4.39. The van der Waals surface area contributed by atoms with Crippen molar-refractivity contribution in [2.24, 2.45) is 0 Å². The van der Waals surface area contributed by atoms with Crippen LogP contribution in [0, 0.1) is 0 Å². The summed E-state index contributed by atoms with van der Waals surface area (Å²) in [4.78, 5) is 0. The molecule has 0 amide bonds. The van der Waals surface area contributed by atoms with E-state index in [1.807, 2.05) is 0 Å². The molecule has 0 aromatic carbocycles. The number of hydrogen-bond acceptors (Lipinski definition) is 3. The summed E-state index contributed by atoms with van der Waals surface area (Å²) in [6.45, 7) is 2.15. The summed E-state index contributed by atoms with van der Waals surface area (Å²) in [7, 11) is 0. The van der Waals surface area contributed by atoms with Gasteiger partial charge in [-0.05, 0) is 36.9 Å². The van der Waals surface area contributed by atoms with Crippen LogP contribution in [0.2, 0.25) is 0 Å². The molecule has 1 saturated heterocycles. The van der Waals surface area contributed by atoms with Crippen molar-refractivity contribution in [1.82, 2.24) is 15.1 Å². The summed E-state index contributed by atoms with van der Waals surface area (Å²) in [5.74, 6) is 0. The van der Waals surface area contributed by atoms with Crippen LogP contribution in [-0.4, -0.2) is 22.4 Å². The zero-order valence-electron chi connectivity index (χ0n) is 9.10. The molecule has 0 spiro atoms. The van der Waals surface area contributed by atoms with Crippen LogP contribution in [0.4, 0.5) is 0 Å². The molecule has 2 aromatic heterocycles. The van der Waals surface area contributed by atoms with Crippen molar-refractivity contribution in [3.8, 4) is 11.3 Å². The average Bonchev–Trinajstić information content (AvgIpc) is 2.99. The quantitative estimate of drug-likeness (QED) is 0.882. The van der Waals surface area contributed by atoms with Gasteiger partial charge in [0.15, 0.2) is 0 Å². The lowest BCUT2D eigenvalue weighted by atomic mass is 10.2. The first-order chi connectivity index (χ1) is 7.92. The van der Waals surface area contributed by atoms with Crippen LogP contribution < -0.4 is 5.32 Å². The molecule has 1 atom stereocenters. The second-order valence-electron chi connectivity index (χ2n) is 4.23. The van der Waals surface area contributed by atoms with Crippen LogP contribution in [0.5, 0.6) is 0 Å². The monoisotopic (exact) mass is 233 g/mol. The smallest absolute Gasteiger partial charge is 0.0931 e. The number of rotatable bonds is 3. The van der Waals surface area contributed by atoms with Gasteiger partial charge in [0.2, 0.25) is 0 Å². The third-order valence-electron chi connectivity index (χ3n) is 3.03. The number of nitrogens with one attached hydrogen (secondary N) is 1. The van der Waals surface area contributed by atoms with Crippen molar-refractivity contribution in [2.75, 3.05) is 6.54 Å². The summed E-state index contributed by atoms with van der Waals surface area (Å²) in [5.41, 5.74) is 2.31. The predicted octanol–water partition coefficient (Wildman–Crippen LogP) is 2.36. The molecule has 3 nitrogen and oxygen atoms in total. The largest absolute Gasteiger partial charge is 0.312 e. The van der Waals surface area contributed by atoms with E-state index in [1.54, 1.807) is 11.3 Å². The average molecular weight is 233 g/mol. The Morgan fingerprint density at radius 3 is 3.25 bits per heavy atom. The fraction of sp³-hybridized carbons (Fsp3) is 0.417. The van der Waals surface area contributed by atoms with E-state index < -0.39 is 0 Å². The van der Waals surface area contributed by atoms with Gasteiger partial charge in [0.05, 0.1) is 12.2 Å². The van der Waals surface area contributed by atoms with Crippen LogP contribution in [0.1, 0.15) is 12.8 Å². The Kier molecular flexibility index (Phi) is 2.76. The van der Waals surface area contributed by atoms with Crippen molar-refractivity contribution in [3.63, 3.8) is 0 Å². The van der Waals surface area contributed by atoms with Gasteiger partial charge in [0, 0.05) is 23.2 Å². The zero-order valence-corrected chi connectivity index (χ0v) is 9.91. The van der Waals surface area contributed by atoms with Gasteiger partial charge in [-0.2, -0.15) is 16.4 Å². The maximum absolute atomic E-state index is 4.60. The molecule has 0 unspecified atom stereocenters. The topological polar surface area (TPSA) is 29.9 Å². The van der Waals surface area contributed by atoms with Crippen LogP contribution in [-0.2, 0) is 6.54 Å². The highest BCUT2D eigenvalue weighted by Gasteiger charge is 2.14. The van der Waals surface area contributed by atoms with Crippen LogP contribution in [0.3, 0.4) is 0 Å². The molecule has 0 saturated carbocycles. The van der Waals surface area contributed by atoms with Gasteiger partial charge in [-0.25, -0.2) is 0 Å². The molecule has 0 bridgehead atoms. The predicted molar refractivity (Wildman–Crippen MR) is 66.6 cm³/mol. The molecule has 84 valence electrons. The molecule has 1 aliphatic heterocycles. The number of nitrogens with zero attached hydrogens (tertiary/aromatic N) is 2. The first kappa shape index (κ1) is 10.1. The lowest BCUT2D eigenvalue weighted by molar-refractivity contribution is 0.477. The summed E-state index contributed by atoms with van der Waals surface area (Å²) < 4.78 is 2.05. The highest BCUT2D eigenvalue weighted by Crippen LogP contribution is 2.20. The molecule has 3 heterocycles. The Bertz CT molecular complexity index is 441. The van der Waals surface area contributed by atoms with Crippen molar-refractivity contribution < 1.29 is 0 Å². The molecule has 1 N–H and O–H groups in total.